The maximum atomic E-state index is 12.0. The molecule has 1 aliphatic heterocycles. The zero-order chi connectivity index (χ0) is 13.2. The minimum absolute atomic E-state index is 0.225. The van der Waals surface area contributed by atoms with Crippen LogP contribution in [0.5, 0.6) is 0 Å². The second-order valence-corrected chi connectivity index (χ2v) is 6.80. The van der Waals surface area contributed by atoms with Crippen LogP contribution in [-0.2, 0) is 10.0 Å². The molecule has 0 bridgehead atoms. The molecule has 5 nitrogen and oxygen atoms in total. The lowest BCUT2D eigenvalue weighted by atomic mass is 10.2. The van der Waals surface area contributed by atoms with Gasteiger partial charge in [0.2, 0.25) is 0 Å². The van der Waals surface area contributed by atoms with Gasteiger partial charge in [0.1, 0.15) is 0 Å². The van der Waals surface area contributed by atoms with Gasteiger partial charge in [0.15, 0.2) is 5.17 Å². The number of nitrogens with one attached hydrogen (secondary N) is 1. The summed E-state index contributed by atoms with van der Waals surface area (Å²) in [6.45, 7) is 2.80. The summed E-state index contributed by atoms with van der Waals surface area (Å²) in [5.41, 5.74) is 1.02. The van der Waals surface area contributed by atoms with Gasteiger partial charge in [0, 0.05) is 19.3 Å². The third-order valence-corrected chi connectivity index (χ3v) is 4.85. The molecule has 1 N–H and O–H groups in total. The van der Waals surface area contributed by atoms with E-state index in [0.717, 1.165) is 17.9 Å². The monoisotopic (exact) mass is 285 g/mol. The first-order valence-electron chi connectivity index (χ1n) is 5.49. The number of hydrogen-bond acceptors (Lipinski definition) is 4. The molecule has 0 amide bonds. The van der Waals surface area contributed by atoms with Gasteiger partial charge in [-0.15, -0.1) is 5.10 Å². The molecule has 0 spiro atoms. The Balaban J connectivity index is 2.15. The van der Waals surface area contributed by atoms with Crippen molar-refractivity contribution in [2.45, 2.75) is 11.8 Å². The molecule has 0 atom stereocenters. The third-order valence-electron chi connectivity index (χ3n) is 2.58. The summed E-state index contributed by atoms with van der Waals surface area (Å²) >= 11 is 1.54. The summed E-state index contributed by atoms with van der Waals surface area (Å²) in [6, 6.07) is 6.67. The lowest BCUT2D eigenvalue weighted by Crippen LogP contribution is -2.24. The Morgan fingerprint density at radius 3 is 2.56 bits per heavy atom. The highest BCUT2D eigenvalue weighted by Crippen LogP contribution is 2.16. The van der Waals surface area contributed by atoms with Gasteiger partial charge in [-0.2, -0.15) is 13.2 Å². The van der Waals surface area contributed by atoms with Gasteiger partial charge in [0.05, 0.1) is 4.90 Å². The second-order valence-electron chi connectivity index (χ2n) is 4.07. The highest BCUT2D eigenvalue weighted by Gasteiger charge is 2.17. The molecule has 1 heterocycles. The van der Waals surface area contributed by atoms with Gasteiger partial charge >= 0.3 is 0 Å². The van der Waals surface area contributed by atoms with Crippen molar-refractivity contribution in [1.29, 1.82) is 0 Å². The Hall–Kier alpha value is -1.21. The fraction of sp³-hybridized carbons (Fsp3) is 0.364. The molecule has 1 aromatic rings. The number of thioether (sulfide) groups is 1. The SMILES string of the molecule is Cc1ccc(S(=O)(=O)N/N=C2/SCCN2C)cc1. The Morgan fingerprint density at radius 1 is 1.33 bits per heavy atom. The van der Waals surface area contributed by atoms with E-state index >= 15 is 0 Å². The summed E-state index contributed by atoms with van der Waals surface area (Å²) in [5.74, 6) is 0.932. The largest absolute Gasteiger partial charge is 0.352 e. The van der Waals surface area contributed by atoms with Crippen molar-refractivity contribution >= 4 is 27.0 Å². The molecular formula is C11H15N3O2S2. The minimum Gasteiger partial charge on any atom is -0.352 e. The van der Waals surface area contributed by atoms with Gasteiger partial charge in [0.25, 0.3) is 10.0 Å². The molecule has 1 aromatic carbocycles. The molecule has 0 radical (unpaired) electrons. The second kappa shape index (κ2) is 5.19. The molecule has 1 fully saturated rings. The fourth-order valence-electron chi connectivity index (χ4n) is 1.47. The van der Waals surface area contributed by atoms with Crippen molar-refractivity contribution in [1.82, 2.24) is 9.73 Å². The molecule has 2 rings (SSSR count). The van der Waals surface area contributed by atoms with Crippen molar-refractivity contribution in [3.63, 3.8) is 0 Å². The summed E-state index contributed by atoms with van der Waals surface area (Å²) in [5, 5.41) is 4.64. The van der Waals surface area contributed by atoms with Crippen LogP contribution in [0.4, 0.5) is 0 Å². The van der Waals surface area contributed by atoms with Crippen molar-refractivity contribution in [2.24, 2.45) is 5.10 Å². The highest BCUT2D eigenvalue weighted by atomic mass is 32.2. The number of hydrogen-bond donors (Lipinski definition) is 1. The van der Waals surface area contributed by atoms with Crippen molar-refractivity contribution < 1.29 is 8.42 Å². The summed E-state index contributed by atoms with van der Waals surface area (Å²) in [4.78, 5) is 4.41. The van der Waals surface area contributed by atoms with Crippen LogP contribution in [0.25, 0.3) is 0 Å². The van der Waals surface area contributed by atoms with Crippen molar-refractivity contribution in [3.8, 4) is 0 Å². The van der Waals surface area contributed by atoms with Gasteiger partial charge in [-0.25, -0.2) is 0 Å². The van der Waals surface area contributed by atoms with Crippen LogP contribution in [0.2, 0.25) is 0 Å². The average molecular weight is 285 g/mol. The Labute approximate surface area is 111 Å². The van der Waals surface area contributed by atoms with Gasteiger partial charge < -0.3 is 4.90 Å². The molecule has 0 saturated carbocycles. The van der Waals surface area contributed by atoms with Crippen molar-refractivity contribution in [3.05, 3.63) is 29.8 Å². The van der Waals surface area contributed by atoms with Crippen LogP contribution < -0.4 is 4.83 Å². The van der Waals surface area contributed by atoms with Crippen LogP contribution in [-0.4, -0.2) is 37.8 Å². The van der Waals surface area contributed by atoms with Gasteiger partial charge in [-0.05, 0) is 19.1 Å². The molecule has 1 aliphatic rings. The van der Waals surface area contributed by atoms with Crippen molar-refractivity contribution in [2.75, 3.05) is 19.3 Å². The first-order valence-corrected chi connectivity index (χ1v) is 7.96. The number of nitrogens with zero attached hydrogens (tertiary/aromatic N) is 2. The predicted octanol–water partition coefficient (Wildman–Crippen LogP) is 1.22. The Morgan fingerprint density at radius 2 is 2.00 bits per heavy atom. The summed E-state index contributed by atoms with van der Waals surface area (Å²) in [6.07, 6.45) is 0. The van der Waals surface area contributed by atoms with Crippen LogP contribution in [0, 0.1) is 6.92 Å². The van der Waals surface area contributed by atoms with E-state index in [2.05, 4.69) is 9.93 Å². The van der Waals surface area contributed by atoms with E-state index in [1.54, 1.807) is 24.3 Å². The minimum atomic E-state index is -3.57. The number of hydrazone groups is 1. The maximum Gasteiger partial charge on any atom is 0.276 e. The zero-order valence-electron chi connectivity index (χ0n) is 10.3. The normalized spacial score (nSPS) is 18.3. The van der Waals surface area contributed by atoms with E-state index in [-0.39, 0.29) is 4.90 Å². The fourth-order valence-corrected chi connectivity index (χ4v) is 3.30. The highest BCUT2D eigenvalue weighted by molar-refractivity contribution is 8.14. The molecule has 0 aromatic heterocycles. The number of sulfonamides is 1. The lowest BCUT2D eigenvalue weighted by molar-refractivity contribution is 0.555. The average Bonchev–Trinajstić information content (AvgIpc) is 2.73. The topological polar surface area (TPSA) is 61.8 Å². The Bertz CT molecular complexity index is 552. The Kier molecular flexibility index (Phi) is 3.82. The van der Waals surface area contributed by atoms with E-state index in [0.29, 0.717) is 5.17 Å². The van der Waals surface area contributed by atoms with Crippen LogP contribution in [0.1, 0.15) is 5.56 Å². The standard InChI is InChI=1S/C11H15N3O2S2/c1-9-3-5-10(6-4-9)18(15,16)13-12-11-14(2)7-8-17-11/h3-6,13H,7-8H2,1-2H3/b12-11+. The quantitative estimate of drug-likeness (QED) is 0.848. The van der Waals surface area contributed by atoms with E-state index in [1.807, 2.05) is 18.9 Å². The summed E-state index contributed by atoms with van der Waals surface area (Å²) < 4.78 is 23.9. The number of aryl methyl sites for hydroxylation is 1. The predicted molar refractivity (Wildman–Crippen MR) is 74.0 cm³/mol. The summed E-state index contributed by atoms with van der Waals surface area (Å²) in [7, 11) is -1.68. The molecule has 0 unspecified atom stereocenters. The zero-order valence-corrected chi connectivity index (χ0v) is 11.9. The van der Waals surface area contributed by atoms with Crippen LogP contribution in [0.3, 0.4) is 0 Å². The molecular weight excluding hydrogens is 270 g/mol. The van der Waals surface area contributed by atoms with E-state index in [1.165, 1.54) is 11.8 Å². The molecule has 7 heteroatoms. The van der Waals surface area contributed by atoms with E-state index < -0.39 is 10.0 Å². The number of amidine groups is 1. The van der Waals surface area contributed by atoms with Gasteiger partial charge in [-0.1, -0.05) is 29.5 Å². The van der Waals surface area contributed by atoms with Gasteiger partial charge in [-0.3, -0.25) is 0 Å². The molecule has 18 heavy (non-hydrogen) atoms. The van der Waals surface area contributed by atoms with Crippen LogP contribution >= 0.6 is 11.8 Å². The molecule has 1 saturated heterocycles. The third kappa shape index (κ3) is 2.97. The van der Waals surface area contributed by atoms with E-state index in [4.69, 9.17) is 0 Å². The maximum absolute atomic E-state index is 12.0. The van der Waals surface area contributed by atoms with Crippen LogP contribution in [0.15, 0.2) is 34.3 Å². The molecule has 98 valence electrons. The smallest absolute Gasteiger partial charge is 0.276 e. The number of rotatable bonds is 3. The first-order chi connectivity index (χ1) is 8.49. The lowest BCUT2D eigenvalue weighted by Gasteiger charge is -2.10. The molecule has 0 aliphatic carbocycles. The number of benzene rings is 1. The first kappa shape index (κ1) is 13.2. The van der Waals surface area contributed by atoms with E-state index in [9.17, 15) is 8.42 Å².